The van der Waals surface area contributed by atoms with Gasteiger partial charge in [-0.1, -0.05) is 6.92 Å². The minimum Gasteiger partial charge on any atom is -0.456 e. The molecule has 0 bridgehead atoms. The molecule has 27 heavy (non-hydrogen) atoms. The molecule has 0 aromatic heterocycles. The monoisotopic (exact) mass is 412 g/mol. The highest BCUT2D eigenvalue weighted by molar-refractivity contribution is 7.89. The summed E-state index contributed by atoms with van der Waals surface area (Å²) in [5, 5.41) is 2.50. The van der Waals surface area contributed by atoms with Crippen LogP contribution in [-0.4, -0.2) is 46.4 Å². The summed E-state index contributed by atoms with van der Waals surface area (Å²) in [4.78, 5) is 22.4. The Morgan fingerprint density at radius 3 is 2.30 bits per heavy atom. The zero-order chi connectivity index (χ0) is 20.5. The van der Waals surface area contributed by atoms with E-state index in [1.165, 1.54) is 0 Å². The summed E-state index contributed by atoms with van der Waals surface area (Å²) in [6.07, 6.45) is -4.48. The summed E-state index contributed by atoms with van der Waals surface area (Å²) in [5.41, 5.74) is 0. The lowest BCUT2D eigenvalue weighted by Gasteiger charge is -2.10. The molecule has 0 aliphatic rings. The number of carbonyl (C=O) groups excluding carboxylic acids is 2. The van der Waals surface area contributed by atoms with Crippen LogP contribution in [0.2, 0.25) is 0 Å². The number of amides is 1. The summed E-state index contributed by atoms with van der Waals surface area (Å²) in [5.74, 6) is -1.81. The van der Waals surface area contributed by atoms with Crippen molar-refractivity contribution in [2.45, 2.75) is 31.0 Å². The van der Waals surface area contributed by atoms with Gasteiger partial charge in [-0.25, -0.2) is 13.1 Å². The Hall–Kier alpha value is -2.34. The second kappa shape index (κ2) is 10.1. The normalized spacial score (nSPS) is 11.7. The van der Waals surface area contributed by atoms with E-state index in [0.29, 0.717) is 6.54 Å². The van der Waals surface area contributed by atoms with Gasteiger partial charge in [0, 0.05) is 13.1 Å². The van der Waals surface area contributed by atoms with Gasteiger partial charge >= 0.3 is 12.3 Å². The number of carbonyl (C=O) groups is 2. The van der Waals surface area contributed by atoms with Crippen LogP contribution in [0.4, 0.5) is 13.2 Å². The Morgan fingerprint density at radius 1 is 1.11 bits per heavy atom. The number of rotatable bonds is 10. The van der Waals surface area contributed by atoms with E-state index < -0.39 is 40.6 Å². The molecule has 1 amide bonds. The van der Waals surface area contributed by atoms with Gasteiger partial charge in [0.25, 0.3) is 5.91 Å². The van der Waals surface area contributed by atoms with E-state index in [2.05, 4.69) is 19.5 Å². The molecule has 152 valence electrons. The van der Waals surface area contributed by atoms with Crippen molar-refractivity contribution in [3.63, 3.8) is 0 Å². The third-order valence-corrected chi connectivity index (χ3v) is 4.40. The van der Waals surface area contributed by atoms with E-state index in [-0.39, 0.29) is 17.9 Å². The number of hydrogen-bond acceptors (Lipinski definition) is 6. The molecule has 1 aromatic rings. The Labute approximate surface area is 154 Å². The summed E-state index contributed by atoms with van der Waals surface area (Å²) in [6.45, 7) is 1.53. The van der Waals surface area contributed by atoms with Gasteiger partial charge in [0.1, 0.15) is 5.75 Å². The van der Waals surface area contributed by atoms with Crippen LogP contribution in [0.3, 0.4) is 0 Å². The smallest absolute Gasteiger partial charge is 0.456 e. The number of ether oxygens (including phenoxy) is 2. The molecule has 1 rings (SSSR count). The van der Waals surface area contributed by atoms with Crippen molar-refractivity contribution in [3.05, 3.63) is 24.3 Å². The molecule has 0 fully saturated rings. The molecule has 0 heterocycles. The van der Waals surface area contributed by atoms with Crippen molar-refractivity contribution in [3.8, 4) is 5.75 Å². The third-order valence-electron chi connectivity index (χ3n) is 2.93. The van der Waals surface area contributed by atoms with Gasteiger partial charge in [-0.15, -0.1) is 13.2 Å². The number of nitrogens with one attached hydrogen (secondary N) is 2. The molecule has 1 aromatic carbocycles. The molecule has 0 radical (unpaired) electrons. The Balaban J connectivity index is 2.44. The molecule has 8 nitrogen and oxygen atoms in total. The Kier molecular flexibility index (Phi) is 8.50. The quantitative estimate of drug-likeness (QED) is 0.561. The minimum absolute atomic E-state index is 0.302. The van der Waals surface area contributed by atoms with E-state index in [9.17, 15) is 31.2 Å². The largest absolute Gasteiger partial charge is 0.573 e. The second-order valence-corrected chi connectivity index (χ2v) is 6.94. The van der Waals surface area contributed by atoms with Crippen LogP contribution >= 0.6 is 0 Å². The molecule has 0 unspecified atom stereocenters. The molecule has 2 N–H and O–H groups in total. The SMILES string of the molecule is CCCNC(=O)COC(=O)CCNS(=O)(=O)c1ccc(OC(F)(F)F)cc1. The molecule has 0 saturated heterocycles. The first-order valence-corrected chi connectivity index (χ1v) is 9.29. The average Bonchev–Trinajstić information content (AvgIpc) is 2.57. The highest BCUT2D eigenvalue weighted by atomic mass is 32.2. The number of sulfonamides is 1. The van der Waals surface area contributed by atoms with Crippen LogP contribution in [0.1, 0.15) is 19.8 Å². The Bertz CT molecular complexity index is 735. The number of benzene rings is 1. The highest BCUT2D eigenvalue weighted by Gasteiger charge is 2.31. The number of hydrogen-bond donors (Lipinski definition) is 2. The molecule has 0 atom stereocenters. The van der Waals surface area contributed by atoms with E-state index in [0.717, 1.165) is 30.7 Å². The van der Waals surface area contributed by atoms with Gasteiger partial charge < -0.3 is 14.8 Å². The van der Waals surface area contributed by atoms with Crippen LogP contribution in [0.5, 0.6) is 5.75 Å². The van der Waals surface area contributed by atoms with E-state index in [4.69, 9.17) is 0 Å². The van der Waals surface area contributed by atoms with Crippen LogP contribution < -0.4 is 14.8 Å². The molecule has 0 aliphatic carbocycles. The topological polar surface area (TPSA) is 111 Å². The fourth-order valence-corrected chi connectivity index (χ4v) is 2.76. The van der Waals surface area contributed by atoms with E-state index in [1.54, 1.807) is 0 Å². The fourth-order valence-electron chi connectivity index (χ4n) is 1.72. The first-order valence-electron chi connectivity index (χ1n) is 7.81. The Morgan fingerprint density at radius 2 is 1.74 bits per heavy atom. The predicted octanol–water partition coefficient (Wildman–Crippen LogP) is 1.32. The minimum atomic E-state index is -4.88. The van der Waals surface area contributed by atoms with Crippen molar-refractivity contribution < 1.29 is 40.7 Å². The maximum Gasteiger partial charge on any atom is 0.573 e. The van der Waals surface area contributed by atoms with Crippen LogP contribution in [0.25, 0.3) is 0 Å². The van der Waals surface area contributed by atoms with E-state index >= 15 is 0 Å². The van der Waals surface area contributed by atoms with Crippen molar-refractivity contribution in [2.75, 3.05) is 19.7 Å². The van der Waals surface area contributed by atoms with Crippen molar-refractivity contribution in [1.82, 2.24) is 10.0 Å². The van der Waals surface area contributed by atoms with Crippen LogP contribution in [0, 0.1) is 0 Å². The van der Waals surface area contributed by atoms with Crippen LogP contribution in [-0.2, 0) is 24.3 Å². The molecule has 0 spiro atoms. The summed E-state index contributed by atoms with van der Waals surface area (Å²) in [7, 11) is -4.03. The number of alkyl halides is 3. The lowest BCUT2D eigenvalue weighted by atomic mass is 10.3. The van der Waals surface area contributed by atoms with Crippen molar-refractivity contribution in [2.24, 2.45) is 0 Å². The zero-order valence-electron chi connectivity index (χ0n) is 14.3. The maximum atomic E-state index is 12.1. The maximum absolute atomic E-state index is 12.1. The molecular weight excluding hydrogens is 393 g/mol. The van der Waals surface area contributed by atoms with Crippen molar-refractivity contribution in [1.29, 1.82) is 0 Å². The van der Waals surface area contributed by atoms with Gasteiger partial charge in [-0.2, -0.15) is 0 Å². The molecule has 0 aliphatic heterocycles. The van der Waals surface area contributed by atoms with Gasteiger partial charge in [-0.05, 0) is 30.7 Å². The second-order valence-electron chi connectivity index (χ2n) is 5.18. The number of esters is 1. The standard InChI is InChI=1S/C15H19F3N2O6S/c1-2-8-19-13(21)10-25-14(22)7-9-20-27(23,24)12-5-3-11(4-6-12)26-15(16,17)18/h3-6,20H,2,7-10H2,1H3,(H,19,21). The first kappa shape index (κ1) is 22.7. The predicted molar refractivity (Wildman–Crippen MR) is 87.2 cm³/mol. The van der Waals surface area contributed by atoms with Gasteiger partial charge in [0.05, 0.1) is 11.3 Å². The number of halogens is 3. The van der Waals surface area contributed by atoms with Crippen molar-refractivity contribution >= 4 is 21.9 Å². The fraction of sp³-hybridized carbons (Fsp3) is 0.467. The van der Waals surface area contributed by atoms with Gasteiger partial charge in [0.15, 0.2) is 6.61 Å². The van der Waals surface area contributed by atoms with Gasteiger partial charge in [-0.3, -0.25) is 9.59 Å². The summed E-state index contributed by atoms with van der Waals surface area (Å²) >= 11 is 0. The average molecular weight is 412 g/mol. The lowest BCUT2D eigenvalue weighted by Crippen LogP contribution is -2.30. The van der Waals surface area contributed by atoms with Crippen LogP contribution in [0.15, 0.2) is 29.2 Å². The van der Waals surface area contributed by atoms with Gasteiger partial charge in [0.2, 0.25) is 10.0 Å². The summed E-state index contributed by atoms with van der Waals surface area (Å²) in [6, 6.07) is 3.57. The first-order chi connectivity index (χ1) is 12.5. The molecule has 12 heteroatoms. The lowest BCUT2D eigenvalue weighted by molar-refractivity contribution is -0.274. The molecular formula is C15H19F3N2O6S. The zero-order valence-corrected chi connectivity index (χ0v) is 15.2. The molecule has 0 saturated carbocycles. The summed E-state index contributed by atoms with van der Waals surface area (Å²) < 4.78 is 70.6. The highest BCUT2D eigenvalue weighted by Crippen LogP contribution is 2.23. The third kappa shape index (κ3) is 9.24. The van der Waals surface area contributed by atoms with E-state index in [1.807, 2.05) is 6.92 Å².